The highest BCUT2D eigenvalue weighted by Crippen LogP contribution is 2.36. The van der Waals surface area contributed by atoms with Crippen LogP contribution in [0.3, 0.4) is 0 Å². The minimum Gasteiger partial charge on any atom is -0.495 e. The average molecular weight is 377 g/mol. The van der Waals surface area contributed by atoms with E-state index in [1.165, 1.54) is 11.3 Å². The summed E-state index contributed by atoms with van der Waals surface area (Å²) in [5.74, 6) is 0.331. The number of fused-ring (bicyclic) bond motifs is 2. The summed E-state index contributed by atoms with van der Waals surface area (Å²) in [5.41, 5.74) is 10.6. The Labute approximate surface area is 160 Å². The number of para-hydroxylation sites is 2. The number of nitrogens with two attached hydrogens (primary N) is 1. The molecular formula is C21H19N3O2S. The van der Waals surface area contributed by atoms with Crippen LogP contribution in [0.5, 0.6) is 5.75 Å². The molecule has 4 rings (SSSR count). The van der Waals surface area contributed by atoms with Crippen molar-refractivity contribution in [1.29, 1.82) is 0 Å². The van der Waals surface area contributed by atoms with Crippen molar-refractivity contribution < 1.29 is 9.53 Å². The number of anilines is 2. The van der Waals surface area contributed by atoms with E-state index >= 15 is 0 Å². The number of nitrogens with one attached hydrogen (secondary N) is 1. The van der Waals surface area contributed by atoms with Crippen molar-refractivity contribution in [2.75, 3.05) is 18.2 Å². The molecule has 0 saturated heterocycles. The van der Waals surface area contributed by atoms with Crippen LogP contribution >= 0.6 is 11.3 Å². The summed E-state index contributed by atoms with van der Waals surface area (Å²) in [6.07, 6.45) is 0. The third-order valence-electron chi connectivity index (χ3n) is 4.55. The fourth-order valence-electron chi connectivity index (χ4n) is 3.25. The second-order valence-electron chi connectivity index (χ2n) is 6.49. The Bertz CT molecular complexity index is 1200. The minimum absolute atomic E-state index is 0.267. The number of hydrogen-bond acceptors (Lipinski definition) is 5. The molecule has 2 aromatic heterocycles. The van der Waals surface area contributed by atoms with E-state index in [2.05, 4.69) is 18.3 Å². The lowest BCUT2D eigenvalue weighted by molar-refractivity contribution is 0.103. The molecular weight excluding hydrogens is 358 g/mol. The first kappa shape index (κ1) is 17.3. The van der Waals surface area contributed by atoms with Gasteiger partial charge in [0.05, 0.1) is 24.0 Å². The Morgan fingerprint density at radius 3 is 2.70 bits per heavy atom. The van der Waals surface area contributed by atoms with E-state index in [4.69, 9.17) is 15.5 Å². The van der Waals surface area contributed by atoms with E-state index in [9.17, 15) is 4.79 Å². The van der Waals surface area contributed by atoms with E-state index in [-0.39, 0.29) is 5.91 Å². The van der Waals surface area contributed by atoms with Crippen LogP contribution < -0.4 is 15.8 Å². The number of rotatable bonds is 3. The fourth-order valence-corrected chi connectivity index (χ4v) is 4.23. The second-order valence-corrected chi connectivity index (χ2v) is 7.49. The topological polar surface area (TPSA) is 77.2 Å². The van der Waals surface area contributed by atoms with Crippen LogP contribution in [0.1, 0.15) is 20.8 Å². The van der Waals surface area contributed by atoms with Crippen molar-refractivity contribution in [2.24, 2.45) is 0 Å². The highest BCUT2D eigenvalue weighted by Gasteiger charge is 2.19. The van der Waals surface area contributed by atoms with Gasteiger partial charge in [0, 0.05) is 10.8 Å². The maximum Gasteiger partial charge on any atom is 0.268 e. The van der Waals surface area contributed by atoms with Gasteiger partial charge < -0.3 is 15.8 Å². The van der Waals surface area contributed by atoms with Gasteiger partial charge in [0.1, 0.15) is 15.5 Å². The van der Waals surface area contributed by atoms with Crippen LogP contribution in [-0.2, 0) is 0 Å². The summed E-state index contributed by atoms with van der Waals surface area (Å²) < 4.78 is 5.29. The van der Waals surface area contributed by atoms with Gasteiger partial charge in [-0.1, -0.05) is 18.2 Å². The van der Waals surface area contributed by atoms with Crippen LogP contribution in [0.2, 0.25) is 0 Å². The second kappa shape index (κ2) is 6.55. The van der Waals surface area contributed by atoms with Gasteiger partial charge in [-0.25, -0.2) is 4.98 Å². The standard InChI is InChI=1S/C21H19N3O2S/c1-11-8-12(2)13-10-14-18(22)19(27-21(14)24-16(13)9-11)20(25)23-15-6-4-5-7-17(15)26-3/h4-10H,22H2,1-3H3,(H,23,25). The zero-order chi connectivity index (χ0) is 19.1. The molecule has 4 aromatic rings. The van der Waals surface area contributed by atoms with E-state index in [1.807, 2.05) is 31.2 Å². The molecule has 3 N–H and O–H groups in total. The third kappa shape index (κ3) is 2.98. The minimum atomic E-state index is -0.267. The lowest BCUT2D eigenvalue weighted by Gasteiger charge is -2.09. The highest BCUT2D eigenvalue weighted by molar-refractivity contribution is 7.21. The van der Waals surface area contributed by atoms with Crippen LogP contribution in [0.4, 0.5) is 11.4 Å². The molecule has 0 aliphatic rings. The van der Waals surface area contributed by atoms with Gasteiger partial charge >= 0.3 is 0 Å². The zero-order valence-corrected chi connectivity index (χ0v) is 16.1. The van der Waals surface area contributed by atoms with E-state index in [1.54, 1.807) is 19.2 Å². The van der Waals surface area contributed by atoms with Crippen LogP contribution in [0.25, 0.3) is 21.1 Å². The molecule has 0 fully saturated rings. The van der Waals surface area contributed by atoms with Gasteiger partial charge in [-0.3, -0.25) is 4.79 Å². The first-order valence-electron chi connectivity index (χ1n) is 8.52. The number of hydrogen-bond donors (Lipinski definition) is 2. The Hall–Kier alpha value is -3.12. The monoisotopic (exact) mass is 377 g/mol. The van der Waals surface area contributed by atoms with E-state index < -0.39 is 0 Å². The van der Waals surface area contributed by atoms with Gasteiger partial charge in [0.2, 0.25) is 0 Å². The number of carbonyl (C=O) groups is 1. The van der Waals surface area contributed by atoms with E-state index in [0.717, 1.165) is 32.2 Å². The van der Waals surface area contributed by atoms with Gasteiger partial charge in [0.25, 0.3) is 5.91 Å². The third-order valence-corrected chi connectivity index (χ3v) is 5.66. The van der Waals surface area contributed by atoms with Crippen LogP contribution in [0, 0.1) is 13.8 Å². The molecule has 0 bridgehead atoms. The molecule has 6 heteroatoms. The Kier molecular flexibility index (Phi) is 4.20. The molecule has 27 heavy (non-hydrogen) atoms. The fraction of sp³-hybridized carbons (Fsp3) is 0.143. The first-order valence-corrected chi connectivity index (χ1v) is 9.34. The number of ether oxygens (including phenoxy) is 1. The first-order chi connectivity index (χ1) is 13.0. The molecule has 0 unspecified atom stereocenters. The molecule has 2 aromatic carbocycles. The molecule has 136 valence electrons. The number of aryl methyl sites for hydroxylation is 2. The summed E-state index contributed by atoms with van der Waals surface area (Å²) >= 11 is 1.30. The predicted octanol–water partition coefficient (Wildman–Crippen LogP) is 4.91. The summed E-state index contributed by atoms with van der Waals surface area (Å²) in [4.78, 5) is 18.8. The summed E-state index contributed by atoms with van der Waals surface area (Å²) in [7, 11) is 1.57. The number of methoxy groups -OCH3 is 1. The molecule has 2 heterocycles. The number of thiophene rings is 1. The molecule has 0 atom stereocenters. The Balaban J connectivity index is 1.80. The van der Waals surface area contributed by atoms with Gasteiger partial charge in [0.15, 0.2) is 0 Å². The average Bonchev–Trinajstić information content (AvgIpc) is 2.96. The van der Waals surface area contributed by atoms with Crippen molar-refractivity contribution in [1.82, 2.24) is 4.98 Å². The maximum atomic E-state index is 12.8. The Morgan fingerprint density at radius 2 is 1.93 bits per heavy atom. The molecule has 0 saturated carbocycles. The maximum absolute atomic E-state index is 12.8. The molecule has 0 aliphatic heterocycles. The number of aromatic nitrogens is 1. The number of nitrogen functional groups attached to an aromatic ring is 1. The summed E-state index contributed by atoms with van der Waals surface area (Å²) in [6.45, 7) is 4.11. The van der Waals surface area contributed by atoms with Gasteiger partial charge in [-0.05, 0) is 49.2 Å². The van der Waals surface area contributed by atoms with Crippen LogP contribution in [-0.4, -0.2) is 18.0 Å². The van der Waals surface area contributed by atoms with Crippen molar-refractivity contribution in [3.05, 3.63) is 58.5 Å². The van der Waals surface area contributed by atoms with Crippen molar-refractivity contribution in [3.63, 3.8) is 0 Å². The highest BCUT2D eigenvalue weighted by atomic mass is 32.1. The van der Waals surface area contributed by atoms with Crippen molar-refractivity contribution >= 4 is 49.7 Å². The lowest BCUT2D eigenvalue weighted by atomic mass is 10.1. The number of carbonyl (C=O) groups excluding carboxylic acids is 1. The molecule has 1 amide bonds. The number of pyridine rings is 1. The molecule has 5 nitrogen and oxygen atoms in total. The lowest BCUT2D eigenvalue weighted by Crippen LogP contribution is -2.12. The normalized spacial score (nSPS) is 11.1. The predicted molar refractivity (Wildman–Crippen MR) is 112 cm³/mol. The van der Waals surface area contributed by atoms with Crippen molar-refractivity contribution in [3.8, 4) is 5.75 Å². The Morgan fingerprint density at radius 1 is 1.15 bits per heavy atom. The molecule has 0 spiro atoms. The largest absolute Gasteiger partial charge is 0.495 e. The summed E-state index contributed by atoms with van der Waals surface area (Å²) in [6, 6.07) is 13.5. The number of amides is 1. The molecule has 0 aliphatic carbocycles. The van der Waals surface area contributed by atoms with Gasteiger partial charge in [-0.2, -0.15) is 0 Å². The van der Waals surface area contributed by atoms with Gasteiger partial charge in [-0.15, -0.1) is 11.3 Å². The number of benzene rings is 2. The molecule has 0 radical (unpaired) electrons. The van der Waals surface area contributed by atoms with E-state index in [0.29, 0.717) is 22.0 Å². The SMILES string of the molecule is COc1ccccc1NC(=O)c1sc2nc3cc(C)cc(C)c3cc2c1N. The zero-order valence-electron chi connectivity index (χ0n) is 15.3. The quantitative estimate of drug-likeness (QED) is 0.532. The smallest absolute Gasteiger partial charge is 0.268 e. The number of nitrogens with zero attached hydrogens (tertiary/aromatic N) is 1. The van der Waals surface area contributed by atoms with Crippen LogP contribution in [0.15, 0.2) is 42.5 Å². The summed E-state index contributed by atoms with van der Waals surface area (Å²) in [5, 5.41) is 4.74. The van der Waals surface area contributed by atoms with Crippen molar-refractivity contribution in [2.45, 2.75) is 13.8 Å².